The quantitative estimate of drug-likeness (QED) is 0.717. The lowest BCUT2D eigenvalue weighted by Crippen LogP contribution is -2.49. The van der Waals surface area contributed by atoms with E-state index in [1.165, 1.54) is 5.01 Å². The van der Waals surface area contributed by atoms with Crippen LogP contribution in [0.4, 0.5) is 0 Å². The number of nitrogens with zero attached hydrogens (tertiary/aromatic N) is 1. The summed E-state index contributed by atoms with van der Waals surface area (Å²) in [7, 11) is 3.17. The van der Waals surface area contributed by atoms with Gasteiger partial charge in [0.1, 0.15) is 12.3 Å². The third-order valence-electron chi connectivity index (χ3n) is 3.37. The second-order valence-electron chi connectivity index (χ2n) is 4.98. The van der Waals surface area contributed by atoms with E-state index in [1.807, 2.05) is 30.3 Å². The van der Waals surface area contributed by atoms with Crippen molar-refractivity contribution in [3.8, 4) is 5.75 Å². The van der Waals surface area contributed by atoms with Crippen molar-refractivity contribution in [1.82, 2.24) is 15.8 Å². The van der Waals surface area contributed by atoms with Gasteiger partial charge in [-0.25, -0.2) is 5.01 Å². The minimum Gasteiger partial charge on any atom is -0.497 e. The van der Waals surface area contributed by atoms with Gasteiger partial charge in [0.05, 0.1) is 19.4 Å². The van der Waals surface area contributed by atoms with Crippen LogP contribution in [-0.4, -0.2) is 50.7 Å². The van der Waals surface area contributed by atoms with Crippen LogP contribution in [0.15, 0.2) is 30.3 Å². The van der Waals surface area contributed by atoms with Gasteiger partial charge in [-0.3, -0.25) is 15.0 Å². The molecule has 0 saturated carbocycles. The average Bonchev–Trinajstić information content (AvgIpc) is 2.57. The van der Waals surface area contributed by atoms with Gasteiger partial charge in [0, 0.05) is 20.1 Å². The zero-order valence-corrected chi connectivity index (χ0v) is 13.3. The monoisotopic (exact) mass is 319 g/mol. The molecule has 1 aromatic carbocycles. The van der Waals surface area contributed by atoms with Crippen LogP contribution < -0.4 is 15.5 Å². The SMILES string of the molecule is COCCNC(=O)CN1NC(c2ccc(OC)cc2)=CCC1=O. The van der Waals surface area contributed by atoms with Crippen molar-refractivity contribution < 1.29 is 19.1 Å². The van der Waals surface area contributed by atoms with E-state index in [-0.39, 0.29) is 24.8 Å². The Morgan fingerprint density at radius 1 is 1.30 bits per heavy atom. The number of methoxy groups -OCH3 is 2. The lowest BCUT2D eigenvalue weighted by atomic mass is 10.1. The molecule has 1 aliphatic rings. The Balaban J connectivity index is 1.97. The first-order valence-electron chi connectivity index (χ1n) is 7.31. The molecule has 7 nitrogen and oxygen atoms in total. The lowest BCUT2D eigenvalue weighted by molar-refractivity contribution is -0.137. The molecule has 124 valence electrons. The van der Waals surface area contributed by atoms with Crippen molar-refractivity contribution in [2.24, 2.45) is 0 Å². The Bertz CT molecular complexity index is 583. The van der Waals surface area contributed by atoms with Gasteiger partial charge in [-0.2, -0.15) is 0 Å². The largest absolute Gasteiger partial charge is 0.497 e. The minimum absolute atomic E-state index is 0.0456. The molecule has 2 N–H and O–H groups in total. The molecular weight excluding hydrogens is 298 g/mol. The van der Waals surface area contributed by atoms with Gasteiger partial charge in [0.2, 0.25) is 11.8 Å². The molecule has 0 saturated heterocycles. The van der Waals surface area contributed by atoms with Crippen LogP contribution in [0.3, 0.4) is 0 Å². The fourth-order valence-electron chi connectivity index (χ4n) is 2.13. The summed E-state index contributed by atoms with van der Waals surface area (Å²) in [6.45, 7) is 0.804. The molecule has 2 rings (SSSR count). The predicted octanol–water partition coefficient (Wildman–Crippen LogP) is 0.536. The molecule has 0 unspecified atom stereocenters. The number of carbonyl (C=O) groups is 2. The van der Waals surface area contributed by atoms with Crippen molar-refractivity contribution in [3.63, 3.8) is 0 Å². The number of hydrazine groups is 1. The van der Waals surface area contributed by atoms with E-state index in [2.05, 4.69) is 10.7 Å². The number of benzene rings is 1. The molecule has 0 spiro atoms. The Hall–Kier alpha value is -2.54. The van der Waals surface area contributed by atoms with E-state index >= 15 is 0 Å². The number of ether oxygens (including phenoxy) is 2. The summed E-state index contributed by atoms with van der Waals surface area (Å²) in [6, 6.07) is 7.47. The first-order chi connectivity index (χ1) is 11.1. The molecule has 7 heteroatoms. The highest BCUT2D eigenvalue weighted by atomic mass is 16.5. The van der Waals surface area contributed by atoms with E-state index < -0.39 is 0 Å². The van der Waals surface area contributed by atoms with E-state index in [0.717, 1.165) is 17.0 Å². The zero-order valence-electron chi connectivity index (χ0n) is 13.3. The van der Waals surface area contributed by atoms with Crippen LogP contribution >= 0.6 is 0 Å². The number of hydrogen-bond acceptors (Lipinski definition) is 5. The van der Waals surface area contributed by atoms with Gasteiger partial charge in [-0.15, -0.1) is 0 Å². The third-order valence-corrected chi connectivity index (χ3v) is 3.37. The Morgan fingerprint density at radius 3 is 2.70 bits per heavy atom. The highest BCUT2D eigenvalue weighted by Gasteiger charge is 2.21. The topological polar surface area (TPSA) is 79.9 Å². The van der Waals surface area contributed by atoms with Crippen LogP contribution in [0.2, 0.25) is 0 Å². The van der Waals surface area contributed by atoms with Gasteiger partial charge in [-0.05, 0) is 35.9 Å². The van der Waals surface area contributed by atoms with Gasteiger partial charge in [0.25, 0.3) is 0 Å². The minimum atomic E-state index is -0.237. The molecule has 23 heavy (non-hydrogen) atoms. The maximum Gasteiger partial charge on any atom is 0.245 e. The van der Waals surface area contributed by atoms with Crippen LogP contribution in [0.5, 0.6) is 5.75 Å². The van der Waals surface area contributed by atoms with E-state index in [1.54, 1.807) is 14.2 Å². The number of hydrogen-bond donors (Lipinski definition) is 2. The van der Waals surface area contributed by atoms with Crippen LogP contribution in [0.25, 0.3) is 5.70 Å². The molecule has 0 bridgehead atoms. The molecule has 0 aromatic heterocycles. The lowest BCUT2D eigenvalue weighted by Gasteiger charge is -2.28. The Labute approximate surface area is 135 Å². The van der Waals surface area contributed by atoms with Crippen molar-refractivity contribution in [3.05, 3.63) is 35.9 Å². The summed E-state index contributed by atoms with van der Waals surface area (Å²) in [6.07, 6.45) is 2.06. The first-order valence-corrected chi connectivity index (χ1v) is 7.31. The number of amides is 2. The van der Waals surface area contributed by atoms with E-state index in [9.17, 15) is 9.59 Å². The maximum absolute atomic E-state index is 11.9. The third kappa shape index (κ3) is 4.72. The van der Waals surface area contributed by atoms with Crippen molar-refractivity contribution in [2.75, 3.05) is 33.9 Å². The van der Waals surface area contributed by atoms with Crippen LogP contribution in [0, 0.1) is 0 Å². The molecule has 1 aromatic rings. The number of nitrogens with one attached hydrogen (secondary N) is 2. The van der Waals surface area contributed by atoms with Gasteiger partial charge >= 0.3 is 0 Å². The Morgan fingerprint density at radius 2 is 2.04 bits per heavy atom. The fourth-order valence-corrected chi connectivity index (χ4v) is 2.13. The van der Waals surface area contributed by atoms with E-state index in [0.29, 0.717) is 13.2 Å². The Kier molecular flexibility index (Phi) is 5.99. The normalized spacial score (nSPS) is 14.1. The van der Waals surface area contributed by atoms with Crippen molar-refractivity contribution in [2.45, 2.75) is 6.42 Å². The zero-order chi connectivity index (χ0) is 16.7. The van der Waals surface area contributed by atoms with Crippen molar-refractivity contribution >= 4 is 17.5 Å². The number of rotatable bonds is 7. The average molecular weight is 319 g/mol. The predicted molar refractivity (Wildman–Crippen MR) is 85.3 cm³/mol. The fraction of sp³-hybridized carbons (Fsp3) is 0.375. The summed E-state index contributed by atoms with van der Waals surface area (Å²) >= 11 is 0. The highest BCUT2D eigenvalue weighted by Crippen LogP contribution is 2.20. The number of carbonyl (C=O) groups excluding carboxylic acids is 2. The van der Waals surface area contributed by atoms with Crippen LogP contribution in [0.1, 0.15) is 12.0 Å². The molecule has 1 heterocycles. The second kappa shape index (κ2) is 8.19. The highest BCUT2D eigenvalue weighted by molar-refractivity contribution is 5.88. The smallest absolute Gasteiger partial charge is 0.245 e. The molecule has 0 atom stereocenters. The molecule has 2 amide bonds. The summed E-state index contributed by atoms with van der Waals surface area (Å²) in [4.78, 5) is 23.8. The maximum atomic E-state index is 11.9. The van der Waals surface area contributed by atoms with Crippen LogP contribution in [-0.2, 0) is 14.3 Å². The summed E-state index contributed by atoms with van der Waals surface area (Å²) in [5, 5.41) is 4.01. The van der Waals surface area contributed by atoms with E-state index in [4.69, 9.17) is 9.47 Å². The van der Waals surface area contributed by atoms with Gasteiger partial charge in [0.15, 0.2) is 0 Å². The second-order valence-corrected chi connectivity index (χ2v) is 4.98. The first kappa shape index (κ1) is 16.8. The standard InChI is InChI=1S/C16H21N3O4/c1-22-10-9-17-15(20)11-19-16(21)8-7-14(18-19)12-3-5-13(23-2)6-4-12/h3-7,18H,8-11H2,1-2H3,(H,17,20). The van der Waals surface area contributed by atoms with Gasteiger partial charge < -0.3 is 14.8 Å². The molecule has 0 radical (unpaired) electrons. The molecule has 0 aliphatic carbocycles. The molecule has 1 aliphatic heterocycles. The summed E-state index contributed by atoms with van der Waals surface area (Å²) < 4.78 is 9.99. The van der Waals surface area contributed by atoms with Crippen molar-refractivity contribution in [1.29, 1.82) is 0 Å². The van der Waals surface area contributed by atoms with Gasteiger partial charge in [-0.1, -0.05) is 0 Å². The summed E-state index contributed by atoms with van der Waals surface area (Å²) in [5.74, 6) is 0.374. The molecular formula is C16H21N3O4. The summed E-state index contributed by atoms with van der Waals surface area (Å²) in [5.41, 5.74) is 4.70. The molecule has 0 fully saturated rings.